The number of methoxy groups -OCH3 is 1. The molecule has 0 spiro atoms. The second-order valence-corrected chi connectivity index (χ2v) is 4.03. The highest BCUT2D eigenvalue weighted by molar-refractivity contribution is 5.81. The van der Waals surface area contributed by atoms with Gasteiger partial charge in [-0.1, -0.05) is 0 Å². The van der Waals surface area contributed by atoms with Crippen LogP contribution in [0.4, 0.5) is 0 Å². The van der Waals surface area contributed by atoms with E-state index in [1.54, 1.807) is 7.11 Å². The van der Waals surface area contributed by atoms with Crippen molar-refractivity contribution in [2.45, 2.75) is 31.1 Å². The van der Waals surface area contributed by atoms with E-state index in [0.717, 1.165) is 19.4 Å². The van der Waals surface area contributed by atoms with Crippen molar-refractivity contribution in [1.82, 2.24) is 10.6 Å². The van der Waals surface area contributed by atoms with Gasteiger partial charge in [-0.25, -0.2) is 0 Å². The molecule has 5 nitrogen and oxygen atoms in total. The molecule has 1 amide bonds. The molecule has 2 fully saturated rings. The van der Waals surface area contributed by atoms with Gasteiger partial charge in [0.1, 0.15) is 6.10 Å². The van der Waals surface area contributed by atoms with E-state index in [2.05, 4.69) is 10.6 Å². The molecule has 0 radical (unpaired) electrons. The Labute approximate surface area is 89.5 Å². The van der Waals surface area contributed by atoms with Gasteiger partial charge in [0.05, 0.1) is 12.7 Å². The number of nitrogens with one attached hydrogen (secondary N) is 2. The molecule has 0 aromatic carbocycles. The van der Waals surface area contributed by atoms with E-state index in [4.69, 9.17) is 9.47 Å². The number of hydrogen-bond donors (Lipinski definition) is 2. The first-order valence-corrected chi connectivity index (χ1v) is 5.46. The first-order chi connectivity index (χ1) is 7.31. The number of carbonyl (C=O) groups is 1. The largest absolute Gasteiger partial charge is 0.383 e. The third kappa shape index (κ3) is 2.48. The zero-order valence-electron chi connectivity index (χ0n) is 8.99. The summed E-state index contributed by atoms with van der Waals surface area (Å²) in [6.45, 7) is 2.11. The molecule has 2 aliphatic heterocycles. The van der Waals surface area contributed by atoms with Gasteiger partial charge in [0.15, 0.2) is 0 Å². The minimum Gasteiger partial charge on any atom is -0.383 e. The molecule has 0 aromatic heterocycles. The Morgan fingerprint density at radius 2 is 2.53 bits per heavy atom. The monoisotopic (exact) mass is 214 g/mol. The van der Waals surface area contributed by atoms with E-state index in [1.165, 1.54) is 0 Å². The lowest BCUT2D eigenvalue weighted by atomic mass is 10.1. The molecule has 3 atom stereocenters. The van der Waals surface area contributed by atoms with Gasteiger partial charge in [0.2, 0.25) is 5.91 Å². The smallest absolute Gasteiger partial charge is 0.249 e. The number of fused-ring (bicyclic) bond motifs is 1. The molecule has 2 heterocycles. The van der Waals surface area contributed by atoms with Crippen molar-refractivity contribution in [2.24, 2.45) is 0 Å². The average Bonchev–Trinajstić information content (AvgIpc) is 2.76. The molecule has 2 saturated heterocycles. The molecule has 86 valence electrons. The maximum Gasteiger partial charge on any atom is 0.249 e. The van der Waals surface area contributed by atoms with Gasteiger partial charge in [-0.15, -0.1) is 0 Å². The van der Waals surface area contributed by atoms with Crippen LogP contribution in [0.1, 0.15) is 12.8 Å². The SMILES string of the molecule is COCCNC(=O)[C@@H]1C[C@H]2NCC[C@H]2O1. The van der Waals surface area contributed by atoms with E-state index >= 15 is 0 Å². The fraction of sp³-hybridized carbons (Fsp3) is 0.900. The number of ether oxygens (including phenoxy) is 2. The van der Waals surface area contributed by atoms with Crippen LogP contribution in [0.25, 0.3) is 0 Å². The van der Waals surface area contributed by atoms with Crippen molar-refractivity contribution in [3.05, 3.63) is 0 Å². The molecular weight excluding hydrogens is 196 g/mol. The van der Waals surface area contributed by atoms with Crippen LogP contribution in [0.15, 0.2) is 0 Å². The van der Waals surface area contributed by atoms with Crippen molar-refractivity contribution in [3.63, 3.8) is 0 Å². The highest BCUT2D eigenvalue weighted by atomic mass is 16.5. The van der Waals surface area contributed by atoms with Crippen LogP contribution < -0.4 is 10.6 Å². The van der Waals surface area contributed by atoms with E-state index in [-0.39, 0.29) is 18.1 Å². The van der Waals surface area contributed by atoms with Crippen LogP contribution in [0.5, 0.6) is 0 Å². The third-order valence-electron chi connectivity index (χ3n) is 2.99. The standard InChI is InChI=1S/C10H18N2O3/c1-14-5-4-12-10(13)9-6-7-8(15-9)2-3-11-7/h7-9,11H,2-6H2,1H3,(H,12,13)/t7-,8-,9+/m1/s1. The Bertz CT molecular complexity index is 223. The number of hydrogen-bond acceptors (Lipinski definition) is 4. The van der Waals surface area contributed by atoms with E-state index in [1.807, 2.05) is 0 Å². The molecule has 2 N–H and O–H groups in total. The summed E-state index contributed by atoms with van der Waals surface area (Å²) >= 11 is 0. The summed E-state index contributed by atoms with van der Waals surface area (Å²) in [4.78, 5) is 11.6. The maximum atomic E-state index is 11.6. The van der Waals surface area contributed by atoms with Gasteiger partial charge in [-0.2, -0.15) is 0 Å². The Morgan fingerprint density at radius 1 is 1.67 bits per heavy atom. The minimum absolute atomic E-state index is 0.0109. The summed E-state index contributed by atoms with van der Waals surface area (Å²) in [5.74, 6) is -0.0109. The molecule has 15 heavy (non-hydrogen) atoms. The van der Waals surface area contributed by atoms with Crippen LogP contribution in [0.3, 0.4) is 0 Å². The zero-order chi connectivity index (χ0) is 10.7. The lowest BCUT2D eigenvalue weighted by Gasteiger charge is -2.12. The first-order valence-electron chi connectivity index (χ1n) is 5.46. The topological polar surface area (TPSA) is 59.6 Å². The number of carbonyl (C=O) groups excluding carboxylic acids is 1. The zero-order valence-corrected chi connectivity index (χ0v) is 8.99. The van der Waals surface area contributed by atoms with Crippen molar-refractivity contribution in [2.75, 3.05) is 26.8 Å². The van der Waals surface area contributed by atoms with Gasteiger partial charge in [-0.3, -0.25) is 4.79 Å². The van der Waals surface area contributed by atoms with Crippen LogP contribution in [0.2, 0.25) is 0 Å². The molecule has 5 heteroatoms. The van der Waals surface area contributed by atoms with Gasteiger partial charge in [0.25, 0.3) is 0 Å². The normalized spacial score (nSPS) is 34.1. The van der Waals surface area contributed by atoms with Gasteiger partial charge in [0, 0.05) is 26.1 Å². The number of rotatable bonds is 4. The van der Waals surface area contributed by atoms with Gasteiger partial charge in [-0.05, 0) is 13.0 Å². The van der Waals surface area contributed by atoms with Crippen molar-refractivity contribution in [3.8, 4) is 0 Å². The molecular formula is C10H18N2O3. The Morgan fingerprint density at radius 3 is 3.27 bits per heavy atom. The Balaban J connectivity index is 1.73. The van der Waals surface area contributed by atoms with Crippen molar-refractivity contribution >= 4 is 5.91 Å². The predicted molar refractivity (Wildman–Crippen MR) is 54.6 cm³/mol. The highest BCUT2D eigenvalue weighted by Gasteiger charge is 2.41. The molecule has 0 aromatic rings. The van der Waals surface area contributed by atoms with Crippen molar-refractivity contribution < 1.29 is 14.3 Å². The lowest BCUT2D eigenvalue weighted by Crippen LogP contribution is -2.37. The first kappa shape index (κ1) is 10.9. The predicted octanol–water partition coefficient (Wildman–Crippen LogP) is -0.732. The Hall–Kier alpha value is -0.650. The molecule has 0 bridgehead atoms. The second-order valence-electron chi connectivity index (χ2n) is 4.03. The van der Waals surface area contributed by atoms with Gasteiger partial charge >= 0.3 is 0 Å². The molecule has 2 rings (SSSR count). The van der Waals surface area contributed by atoms with Crippen LogP contribution >= 0.6 is 0 Å². The number of amides is 1. The van der Waals surface area contributed by atoms with E-state index in [9.17, 15) is 4.79 Å². The second kappa shape index (κ2) is 4.92. The quantitative estimate of drug-likeness (QED) is 0.606. The summed E-state index contributed by atoms with van der Waals surface area (Å²) in [5.41, 5.74) is 0. The van der Waals surface area contributed by atoms with Crippen LogP contribution in [0, 0.1) is 0 Å². The summed E-state index contributed by atoms with van der Waals surface area (Å²) in [5, 5.41) is 6.14. The summed E-state index contributed by atoms with van der Waals surface area (Å²) in [6, 6.07) is 0.378. The molecule has 0 aliphatic carbocycles. The molecule has 0 saturated carbocycles. The van der Waals surface area contributed by atoms with Crippen LogP contribution in [-0.2, 0) is 14.3 Å². The summed E-state index contributed by atoms with van der Waals surface area (Å²) < 4.78 is 10.5. The minimum atomic E-state index is -0.273. The maximum absolute atomic E-state index is 11.6. The fourth-order valence-corrected chi connectivity index (χ4v) is 2.20. The van der Waals surface area contributed by atoms with E-state index < -0.39 is 0 Å². The summed E-state index contributed by atoms with van der Waals surface area (Å²) in [6.07, 6.45) is 1.78. The van der Waals surface area contributed by atoms with Crippen LogP contribution in [-0.4, -0.2) is 51.0 Å². The summed E-state index contributed by atoms with van der Waals surface area (Å²) in [7, 11) is 1.62. The third-order valence-corrected chi connectivity index (χ3v) is 2.99. The fourth-order valence-electron chi connectivity index (χ4n) is 2.20. The van der Waals surface area contributed by atoms with Crippen molar-refractivity contribution in [1.29, 1.82) is 0 Å². The van der Waals surface area contributed by atoms with E-state index in [0.29, 0.717) is 19.2 Å². The lowest BCUT2D eigenvalue weighted by molar-refractivity contribution is -0.132. The highest BCUT2D eigenvalue weighted by Crippen LogP contribution is 2.26. The molecule has 0 unspecified atom stereocenters. The Kier molecular flexibility index (Phi) is 3.56. The molecule has 2 aliphatic rings. The van der Waals surface area contributed by atoms with Gasteiger partial charge < -0.3 is 20.1 Å². The average molecular weight is 214 g/mol.